The molecule has 0 bridgehead atoms. The van der Waals surface area contributed by atoms with Crippen LogP contribution in [0.3, 0.4) is 0 Å². The molecule has 0 fully saturated rings. The highest BCUT2D eigenvalue weighted by atomic mass is 16.5. The largest absolute Gasteiger partial charge is 0.461 e. The molecule has 0 atom stereocenters. The molecule has 0 N–H and O–H groups in total. The quantitative estimate of drug-likeness (QED) is 0.254. The van der Waals surface area contributed by atoms with Crippen LogP contribution in [0.25, 0.3) is 16.5 Å². The van der Waals surface area contributed by atoms with Gasteiger partial charge in [0.15, 0.2) is 0 Å². The van der Waals surface area contributed by atoms with Gasteiger partial charge >= 0.3 is 5.97 Å². The third kappa shape index (κ3) is 4.67. The first-order chi connectivity index (χ1) is 8.77. The van der Waals surface area contributed by atoms with Crippen LogP contribution >= 0.6 is 0 Å². The van der Waals surface area contributed by atoms with Crippen molar-refractivity contribution in [2.75, 3.05) is 13.2 Å². The Balaban J connectivity index is 2.64. The Morgan fingerprint density at radius 3 is 3.17 bits per heavy atom. The fourth-order valence-corrected chi connectivity index (χ4v) is 1.24. The molecule has 0 aliphatic carbocycles. The Morgan fingerprint density at radius 1 is 1.61 bits per heavy atom. The van der Waals surface area contributed by atoms with Gasteiger partial charge in [0.1, 0.15) is 5.69 Å². The van der Waals surface area contributed by atoms with Gasteiger partial charge in [-0.3, -0.25) is 0 Å². The van der Waals surface area contributed by atoms with E-state index in [4.69, 9.17) is 10.3 Å². The number of carbonyl (C=O) groups is 1. The van der Waals surface area contributed by atoms with Gasteiger partial charge in [0.05, 0.1) is 12.3 Å². The minimum absolute atomic E-state index is 0.286. The summed E-state index contributed by atoms with van der Waals surface area (Å²) in [6.45, 7) is 2.48. The Labute approximate surface area is 105 Å². The second kappa shape index (κ2) is 7.86. The van der Waals surface area contributed by atoms with Gasteiger partial charge in [-0.25, -0.2) is 9.78 Å². The predicted octanol–water partition coefficient (Wildman–Crippen LogP) is 2.97. The average molecular weight is 246 g/mol. The molecule has 94 valence electrons. The topological polar surface area (TPSA) is 88.0 Å². The van der Waals surface area contributed by atoms with E-state index in [9.17, 15) is 4.79 Å². The van der Waals surface area contributed by atoms with E-state index in [1.54, 1.807) is 31.2 Å². The molecule has 0 spiro atoms. The summed E-state index contributed by atoms with van der Waals surface area (Å²) in [7, 11) is 0. The lowest BCUT2D eigenvalue weighted by atomic mass is 10.2. The monoisotopic (exact) mass is 246 g/mol. The van der Waals surface area contributed by atoms with Gasteiger partial charge in [0, 0.05) is 11.5 Å². The first-order valence-electron chi connectivity index (χ1n) is 5.59. The van der Waals surface area contributed by atoms with Crippen LogP contribution in [0, 0.1) is 0 Å². The molecule has 0 amide bonds. The van der Waals surface area contributed by atoms with Crippen molar-refractivity contribution in [2.24, 2.45) is 5.11 Å². The molecular weight excluding hydrogens is 232 g/mol. The summed E-state index contributed by atoms with van der Waals surface area (Å²) in [6, 6.07) is 5.13. The van der Waals surface area contributed by atoms with E-state index in [2.05, 4.69) is 15.0 Å². The van der Waals surface area contributed by atoms with Crippen LogP contribution in [0.5, 0.6) is 0 Å². The van der Waals surface area contributed by atoms with Gasteiger partial charge in [0.25, 0.3) is 0 Å². The van der Waals surface area contributed by atoms with Gasteiger partial charge in [-0.2, -0.15) is 0 Å². The minimum Gasteiger partial charge on any atom is -0.461 e. The molecular formula is C12H14N4O2. The molecule has 18 heavy (non-hydrogen) atoms. The second-order valence-corrected chi connectivity index (χ2v) is 3.31. The smallest absolute Gasteiger partial charge is 0.356 e. The standard InChI is InChI=1S/C12H14N4O2/c1-2-18-12(17)11-8-5-7-10(15-11)6-3-4-9-14-16-13/h3,5-8H,2,4,9H2,1H3. The number of hydrogen-bond acceptors (Lipinski definition) is 4. The number of aromatic nitrogens is 1. The summed E-state index contributed by atoms with van der Waals surface area (Å²) in [5.41, 5.74) is 9.06. The van der Waals surface area contributed by atoms with Gasteiger partial charge in [-0.1, -0.05) is 17.3 Å². The lowest BCUT2D eigenvalue weighted by Crippen LogP contribution is -2.07. The summed E-state index contributed by atoms with van der Waals surface area (Å²) >= 11 is 0. The number of nitrogens with zero attached hydrogens (tertiary/aromatic N) is 4. The number of azide groups is 1. The van der Waals surface area contributed by atoms with Crippen molar-refractivity contribution < 1.29 is 9.53 Å². The first-order valence-corrected chi connectivity index (χ1v) is 5.59. The van der Waals surface area contributed by atoms with E-state index in [-0.39, 0.29) is 5.69 Å². The van der Waals surface area contributed by atoms with Gasteiger partial charge < -0.3 is 4.74 Å². The lowest BCUT2D eigenvalue weighted by molar-refractivity contribution is 0.0519. The van der Waals surface area contributed by atoms with Crippen LogP contribution < -0.4 is 0 Å². The number of pyridine rings is 1. The van der Waals surface area contributed by atoms with Crippen molar-refractivity contribution in [3.05, 3.63) is 46.1 Å². The molecule has 1 heterocycles. The summed E-state index contributed by atoms with van der Waals surface area (Å²) in [4.78, 5) is 18.2. The van der Waals surface area contributed by atoms with Gasteiger partial charge in [-0.05, 0) is 37.1 Å². The van der Waals surface area contributed by atoms with Crippen LogP contribution in [0.4, 0.5) is 0 Å². The fourth-order valence-electron chi connectivity index (χ4n) is 1.24. The minimum atomic E-state index is -0.429. The Hall–Kier alpha value is -2.33. The number of ether oxygens (including phenoxy) is 1. The van der Waals surface area contributed by atoms with Gasteiger partial charge in [-0.15, -0.1) is 0 Å². The normalized spacial score (nSPS) is 10.1. The summed E-state index contributed by atoms with van der Waals surface area (Å²) in [5, 5.41) is 3.41. The molecule has 0 aromatic carbocycles. The average Bonchev–Trinajstić information content (AvgIpc) is 2.39. The van der Waals surface area contributed by atoms with Crippen LogP contribution in [0.2, 0.25) is 0 Å². The predicted molar refractivity (Wildman–Crippen MR) is 67.9 cm³/mol. The third-order valence-corrected chi connectivity index (χ3v) is 2.00. The van der Waals surface area contributed by atoms with E-state index in [1.165, 1.54) is 0 Å². The van der Waals surface area contributed by atoms with Crippen molar-refractivity contribution in [2.45, 2.75) is 13.3 Å². The molecule has 6 heteroatoms. The van der Waals surface area contributed by atoms with E-state index < -0.39 is 5.97 Å². The maximum Gasteiger partial charge on any atom is 0.356 e. The van der Waals surface area contributed by atoms with Crippen molar-refractivity contribution >= 4 is 12.0 Å². The molecule has 6 nitrogen and oxygen atoms in total. The Kier molecular flexibility index (Phi) is 6.00. The summed E-state index contributed by atoms with van der Waals surface area (Å²) in [6.07, 6.45) is 4.25. The Morgan fingerprint density at radius 2 is 2.44 bits per heavy atom. The van der Waals surface area contributed by atoms with Crippen molar-refractivity contribution in [1.29, 1.82) is 0 Å². The molecule has 0 aliphatic rings. The fraction of sp³-hybridized carbons (Fsp3) is 0.333. The summed E-state index contributed by atoms with van der Waals surface area (Å²) < 4.78 is 4.86. The number of esters is 1. The van der Waals surface area contributed by atoms with E-state index in [0.29, 0.717) is 25.3 Å². The molecule has 0 saturated heterocycles. The molecule has 1 aromatic rings. The van der Waals surface area contributed by atoms with Crippen molar-refractivity contribution in [3.63, 3.8) is 0 Å². The third-order valence-electron chi connectivity index (χ3n) is 2.00. The highest BCUT2D eigenvalue weighted by molar-refractivity contribution is 5.87. The maximum atomic E-state index is 11.4. The summed E-state index contributed by atoms with van der Waals surface area (Å²) in [5.74, 6) is -0.429. The SMILES string of the molecule is CCOC(=O)c1cccc(C=CCCN=[N+]=[N-])n1. The van der Waals surface area contributed by atoms with Crippen LogP contribution in [0.1, 0.15) is 29.5 Å². The molecule has 0 aliphatic heterocycles. The number of hydrogen-bond donors (Lipinski definition) is 0. The highest BCUT2D eigenvalue weighted by Crippen LogP contribution is 2.04. The highest BCUT2D eigenvalue weighted by Gasteiger charge is 2.07. The number of rotatable bonds is 6. The number of carbonyl (C=O) groups excluding carboxylic acids is 1. The molecule has 0 saturated carbocycles. The molecule has 0 unspecified atom stereocenters. The van der Waals surface area contributed by atoms with Crippen LogP contribution in [-0.2, 0) is 4.74 Å². The van der Waals surface area contributed by atoms with E-state index >= 15 is 0 Å². The van der Waals surface area contributed by atoms with Crippen molar-refractivity contribution in [1.82, 2.24) is 4.98 Å². The van der Waals surface area contributed by atoms with E-state index in [0.717, 1.165) is 0 Å². The zero-order valence-electron chi connectivity index (χ0n) is 10.1. The van der Waals surface area contributed by atoms with Crippen molar-refractivity contribution in [3.8, 4) is 0 Å². The molecule has 1 rings (SSSR count). The van der Waals surface area contributed by atoms with E-state index in [1.807, 2.05) is 6.08 Å². The zero-order valence-corrected chi connectivity index (χ0v) is 10.1. The van der Waals surface area contributed by atoms with Gasteiger partial charge in [0.2, 0.25) is 0 Å². The molecule has 0 radical (unpaired) electrons. The Bertz CT molecular complexity index is 479. The van der Waals surface area contributed by atoms with Crippen LogP contribution in [-0.4, -0.2) is 24.1 Å². The molecule has 1 aromatic heterocycles. The first kappa shape index (κ1) is 13.7. The van der Waals surface area contributed by atoms with Crippen LogP contribution in [0.15, 0.2) is 29.4 Å². The zero-order chi connectivity index (χ0) is 13.2. The lowest BCUT2D eigenvalue weighted by Gasteiger charge is -2.01. The maximum absolute atomic E-state index is 11.4. The second-order valence-electron chi connectivity index (χ2n) is 3.31.